The highest BCUT2D eigenvalue weighted by Crippen LogP contribution is 2.23. The lowest BCUT2D eigenvalue weighted by Gasteiger charge is -2.36. The molecule has 0 saturated carbocycles. The van der Waals surface area contributed by atoms with Crippen molar-refractivity contribution in [3.05, 3.63) is 42.2 Å². The summed E-state index contributed by atoms with van der Waals surface area (Å²) in [5, 5.41) is 13.4. The van der Waals surface area contributed by atoms with Gasteiger partial charge >= 0.3 is 0 Å². The van der Waals surface area contributed by atoms with Gasteiger partial charge in [-0.25, -0.2) is 9.97 Å². The number of guanidine groups is 1. The molecule has 0 amide bonds. The minimum Gasteiger partial charge on any atom is -0.508 e. The summed E-state index contributed by atoms with van der Waals surface area (Å²) in [5.41, 5.74) is 0.879. The summed E-state index contributed by atoms with van der Waals surface area (Å²) in [6, 6.07) is 7.20. The number of hydrogen-bond donors (Lipinski definition) is 2. The molecule has 1 aliphatic heterocycles. The second-order valence-electron chi connectivity index (χ2n) is 6.24. The first-order valence-corrected chi connectivity index (χ1v) is 9.04. The molecule has 2 aromatic rings. The number of benzene rings is 1. The Labute approximate surface area is 159 Å². The maximum Gasteiger partial charge on any atom is 0.225 e. The van der Waals surface area contributed by atoms with Gasteiger partial charge < -0.3 is 25.0 Å². The largest absolute Gasteiger partial charge is 0.508 e. The third kappa shape index (κ3) is 4.78. The van der Waals surface area contributed by atoms with E-state index in [0.29, 0.717) is 18.7 Å². The number of hydrogen-bond acceptors (Lipinski definition) is 6. The van der Waals surface area contributed by atoms with Crippen LogP contribution in [-0.4, -0.2) is 72.8 Å². The predicted molar refractivity (Wildman–Crippen MR) is 106 cm³/mol. The summed E-state index contributed by atoms with van der Waals surface area (Å²) in [7, 11) is 3.38. The zero-order chi connectivity index (χ0) is 19.1. The van der Waals surface area contributed by atoms with Crippen LogP contribution in [-0.2, 0) is 6.42 Å². The summed E-state index contributed by atoms with van der Waals surface area (Å²) < 4.78 is 5.12. The molecule has 0 aliphatic carbocycles. The first-order chi connectivity index (χ1) is 13.2. The number of methoxy groups -OCH3 is 1. The molecule has 0 radical (unpaired) electrons. The monoisotopic (exact) mass is 370 g/mol. The van der Waals surface area contributed by atoms with Crippen LogP contribution in [0.15, 0.2) is 41.7 Å². The van der Waals surface area contributed by atoms with E-state index in [1.54, 1.807) is 32.6 Å². The third-order valence-corrected chi connectivity index (χ3v) is 4.60. The minimum atomic E-state index is 0.252. The molecule has 1 saturated heterocycles. The van der Waals surface area contributed by atoms with Crippen LogP contribution >= 0.6 is 0 Å². The first kappa shape index (κ1) is 18.8. The molecule has 0 atom stereocenters. The molecule has 1 aliphatic rings. The summed E-state index contributed by atoms with van der Waals surface area (Å²) >= 11 is 0. The highest BCUT2D eigenvalue weighted by Gasteiger charge is 2.20. The number of ether oxygens (including phenoxy) is 1. The van der Waals surface area contributed by atoms with Gasteiger partial charge in [0.2, 0.25) is 5.95 Å². The quantitative estimate of drug-likeness (QED) is 0.603. The molecule has 3 rings (SSSR count). The fourth-order valence-electron chi connectivity index (χ4n) is 3.10. The van der Waals surface area contributed by atoms with Gasteiger partial charge in [0.15, 0.2) is 5.96 Å². The fourth-order valence-corrected chi connectivity index (χ4v) is 3.10. The molecule has 144 valence electrons. The molecule has 2 heterocycles. The standard InChI is InChI=1S/C19H26N6O2/c1-20-18(23-9-6-15-4-5-16(27-2)14-17(15)26)24-10-12-25(13-11-24)19-21-7-3-8-22-19/h3-5,7-8,14,26H,6,9-13H2,1-2H3,(H,20,23). The van der Waals surface area contributed by atoms with Gasteiger partial charge in [0.1, 0.15) is 11.5 Å². The van der Waals surface area contributed by atoms with E-state index in [9.17, 15) is 5.11 Å². The van der Waals surface area contributed by atoms with Crippen molar-refractivity contribution < 1.29 is 9.84 Å². The molecule has 2 N–H and O–H groups in total. The SMILES string of the molecule is CN=C(NCCc1ccc(OC)cc1O)N1CCN(c2ncccn2)CC1. The molecule has 1 fully saturated rings. The number of nitrogens with zero attached hydrogens (tertiary/aromatic N) is 5. The number of aromatic nitrogens is 2. The number of aliphatic imine (C=N–C) groups is 1. The van der Waals surface area contributed by atoms with Gasteiger partial charge in [0.05, 0.1) is 7.11 Å². The number of anilines is 1. The Morgan fingerprint density at radius 1 is 1.22 bits per heavy atom. The molecule has 27 heavy (non-hydrogen) atoms. The summed E-state index contributed by atoms with van der Waals surface area (Å²) in [4.78, 5) is 17.4. The van der Waals surface area contributed by atoms with Crippen LogP contribution in [0.1, 0.15) is 5.56 Å². The Morgan fingerprint density at radius 2 is 1.96 bits per heavy atom. The Hall–Kier alpha value is -3.03. The van der Waals surface area contributed by atoms with Gasteiger partial charge in [0, 0.05) is 58.2 Å². The highest BCUT2D eigenvalue weighted by atomic mass is 16.5. The fraction of sp³-hybridized carbons (Fsp3) is 0.421. The molecule has 8 heteroatoms. The van der Waals surface area contributed by atoms with Gasteiger partial charge in [-0.3, -0.25) is 4.99 Å². The van der Waals surface area contributed by atoms with Crippen molar-refractivity contribution in [2.24, 2.45) is 4.99 Å². The number of piperazine rings is 1. The summed E-state index contributed by atoms with van der Waals surface area (Å²) in [6.07, 6.45) is 4.24. The average Bonchev–Trinajstić information content (AvgIpc) is 2.73. The molecule has 0 spiro atoms. The van der Waals surface area contributed by atoms with Crippen LogP contribution in [0.25, 0.3) is 0 Å². The number of phenolic OH excluding ortho intramolecular Hbond substituents is 1. The minimum absolute atomic E-state index is 0.252. The van der Waals surface area contributed by atoms with E-state index in [2.05, 4.69) is 30.1 Å². The van der Waals surface area contributed by atoms with Crippen LogP contribution in [0.4, 0.5) is 5.95 Å². The maximum absolute atomic E-state index is 10.1. The van der Waals surface area contributed by atoms with Crippen LogP contribution in [0.5, 0.6) is 11.5 Å². The second kappa shape index (κ2) is 9.07. The number of aromatic hydroxyl groups is 1. The number of nitrogens with one attached hydrogen (secondary N) is 1. The third-order valence-electron chi connectivity index (χ3n) is 4.60. The Kier molecular flexibility index (Phi) is 6.30. The van der Waals surface area contributed by atoms with Crippen molar-refractivity contribution in [1.29, 1.82) is 0 Å². The van der Waals surface area contributed by atoms with Crippen molar-refractivity contribution in [2.45, 2.75) is 6.42 Å². The maximum atomic E-state index is 10.1. The van der Waals surface area contributed by atoms with E-state index in [1.807, 2.05) is 18.2 Å². The Bertz CT molecular complexity index is 760. The van der Waals surface area contributed by atoms with E-state index in [0.717, 1.165) is 43.7 Å². The van der Waals surface area contributed by atoms with Crippen LogP contribution in [0.3, 0.4) is 0 Å². The topological polar surface area (TPSA) is 86.1 Å². The second-order valence-corrected chi connectivity index (χ2v) is 6.24. The van der Waals surface area contributed by atoms with E-state index in [4.69, 9.17) is 4.74 Å². The van der Waals surface area contributed by atoms with Crippen LogP contribution in [0.2, 0.25) is 0 Å². The van der Waals surface area contributed by atoms with E-state index in [-0.39, 0.29) is 5.75 Å². The van der Waals surface area contributed by atoms with Crippen molar-refractivity contribution in [1.82, 2.24) is 20.2 Å². The number of rotatable bonds is 5. The van der Waals surface area contributed by atoms with Crippen molar-refractivity contribution in [3.63, 3.8) is 0 Å². The molecule has 0 bridgehead atoms. The zero-order valence-corrected chi connectivity index (χ0v) is 15.8. The molecular formula is C19H26N6O2. The summed E-state index contributed by atoms with van der Waals surface area (Å²) in [5.74, 6) is 2.55. The molecule has 1 aromatic heterocycles. The van der Waals surface area contributed by atoms with Crippen LogP contribution < -0.4 is 15.0 Å². The molecule has 0 unspecified atom stereocenters. The lowest BCUT2D eigenvalue weighted by Crippen LogP contribution is -2.53. The highest BCUT2D eigenvalue weighted by molar-refractivity contribution is 5.80. The first-order valence-electron chi connectivity index (χ1n) is 9.04. The van der Waals surface area contributed by atoms with Crippen molar-refractivity contribution >= 4 is 11.9 Å². The average molecular weight is 370 g/mol. The smallest absolute Gasteiger partial charge is 0.225 e. The summed E-state index contributed by atoms with van der Waals surface area (Å²) in [6.45, 7) is 4.10. The molecule has 1 aromatic carbocycles. The van der Waals surface area contributed by atoms with Crippen molar-refractivity contribution in [3.8, 4) is 11.5 Å². The Balaban J connectivity index is 1.49. The van der Waals surface area contributed by atoms with E-state index in [1.165, 1.54) is 0 Å². The van der Waals surface area contributed by atoms with Crippen LogP contribution in [0, 0.1) is 0 Å². The van der Waals surface area contributed by atoms with E-state index < -0.39 is 0 Å². The van der Waals surface area contributed by atoms with Gasteiger partial charge in [-0.2, -0.15) is 0 Å². The van der Waals surface area contributed by atoms with Crippen molar-refractivity contribution in [2.75, 3.05) is 51.8 Å². The Morgan fingerprint density at radius 3 is 2.59 bits per heavy atom. The molecule has 8 nitrogen and oxygen atoms in total. The lowest BCUT2D eigenvalue weighted by molar-refractivity contribution is 0.370. The van der Waals surface area contributed by atoms with Gasteiger partial charge in [-0.05, 0) is 24.1 Å². The van der Waals surface area contributed by atoms with Gasteiger partial charge in [-0.15, -0.1) is 0 Å². The predicted octanol–water partition coefficient (Wildman–Crippen LogP) is 1.13. The van der Waals surface area contributed by atoms with Gasteiger partial charge in [0.25, 0.3) is 0 Å². The normalized spacial score (nSPS) is 15.0. The van der Waals surface area contributed by atoms with E-state index >= 15 is 0 Å². The molecular weight excluding hydrogens is 344 g/mol. The number of phenols is 1. The zero-order valence-electron chi connectivity index (χ0n) is 15.8. The lowest BCUT2D eigenvalue weighted by atomic mass is 10.1. The van der Waals surface area contributed by atoms with Gasteiger partial charge in [-0.1, -0.05) is 6.07 Å².